The lowest BCUT2D eigenvalue weighted by atomic mass is 10.0. The lowest BCUT2D eigenvalue weighted by Gasteiger charge is -2.27. The fourth-order valence-corrected chi connectivity index (χ4v) is 6.19. The average molecular weight is 605 g/mol. The third-order valence-electron chi connectivity index (χ3n) is 6.59. The molecule has 0 radical (unpaired) electrons. The van der Waals surface area contributed by atoms with Crippen LogP contribution in [0.3, 0.4) is 0 Å². The third-order valence-corrected chi connectivity index (χ3v) is 8.17. The van der Waals surface area contributed by atoms with Crippen LogP contribution in [-0.2, 0) is 37.4 Å². The Morgan fingerprint density at radius 1 is 1.29 bits per heavy atom. The van der Waals surface area contributed by atoms with E-state index in [-0.39, 0.29) is 29.3 Å². The van der Waals surface area contributed by atoms with Gasteiger partial charge in [0.25, 0.3) is 0 Å². The predicted molar refractivity (Wildman–Crippen MR) is 137 cm³/mol. The molecule has 7 atom stereocenters. The lowest BCUT2D eigenvalue weighted by molar-refractivity contribution is -0.161. The van der Waals surface area contributed by atoms with E-state index < -0.39 is 81.1 Å². The lowest BCUT2D eigenvalue weighted by Crippen LogP contribution is -2.40. The maximum absolute atomic E-state index is 13.8. The van der Waals surface area contributed by atoms with Crippen LogP contribution in [0, 0.1) is 17.9 Å². The number of hydrogen-bond acceptors (Lipinski definition) is 14. The van der Waals surface area contributed by atoms with Crippen molar-refractivity contribution in [2.24, 2.45) is 11.8 Å². The predicted octanol–water partition coefficient (Wildman–Crippen LogP) is 0.437. The Bertz CT molecular complexity index is 1340. The van der Waals surface area contributed by atoms with Gasteiger partial charge in [-0.15, -0.1) is 0 Å². The molecule has 2 aliphatic rings. The van der Waals surface area contributed by atoms with E-state index in [9.17, 15) is 28.8 Å². The van der Waals surface area contributed by atoms with Gasteiger partial charge in [-0.05, 0) is 26.2 Å². The Hall–Kier alpha value is -2.79. The first-order chi connectivity index (χ1) is 19.2. The van der Waals surface area contributed by atoms with Crippen molar-refractivity contribution < 1.29 is 52.0 Å². The number of methoxy groups -OCH3 is 1. The number of hydrogen-bond donors (Lipinski definition) is 4. The number of carbonyl (C=O) groups excluding carboxylic acids is 2. The van der Waals surface area contributed by atoms with Crippen LogP contribution in [0.5, 0.6) is 0 Å². The molecule has 2 fully saturated rings. The van der Waals surface area contributed by atoms with Crippen LogP contribution in [0.25, 0.3) is 11.2 Å². The standard InChI is InChI=1S/C23H34FN6O10P/c1-10(2)6-12(21(33)39-11(3)4)29-41(35,38-8-14(31)36-5)37-7-13-17(32)15-18(23(15,34)40-13)30-9-26-16-19(25)27-22(24)28-20(16)30/h9-13,15,17-18,32,34H,6-8H2,1-5H3,(H,29,35)(H2,25,27,28). The van der Waals surface area contributed by atoms with Crippen molar-refractivity contribution in [2.75, 3.05) is 26.1 Å². The molecule has 0 bridgehead atoms. The number of nitrogens with zero attached hydrogens (tertiary/aromatic N) is 4. The van der Waals surface area contributed by atoms with E-state index in [2.05, 4.69) is 24.8 Å². The summed E-state index contributed by atoms with van der Waals surface area (Å²) in [5, 5.41) is 24.5. The van der Waals surface area contributed by atoms with Crippen molar-refractivity contribution in [3.05, 3.63) is 12.4 Å². The molecule has 41 heavy (non-hydrogen) atoms. The van der Waals surface area contributed by atoms with Crippen molar-refractivity contribution in [3.8, 4) is 0 Å². The topological polar surface area (TPSA) is 219 Å². The first-order valence-corrected chi connectivity index (χ1v) is 14.4. The van der Waals surface area contributed by atoms with Crippen molar-refractivity contribution in [3.63, 3.8) is 0 Å². The highest BCUT2D eigenvalue weighted by molar-refractivity contribution is 7.51. The van der Waals surface area contributed by atoms with E-state index in [1.807, 2.05) is 13.8 Å². The average Bonchev–Trinajstić information content (AvgIpc) is 3.13. The summed E-state index contributed by atoms with van der Waals surface area (Å²) in [4.78, 5) is 35.5. The number of imidazole rings is 1. The second-order valence-corrected chi connectivity index (χ2v) is 12.3. The molecule has 18 heteroatoms. The Balaban J connectivity index is 1.48. The fourth-order valence-electron chi connectivity index (χ4n) is 4.76. The smallest absolute Gasteiger partial charge is 0.406 e. The van der Waals surface area contributed by atoms with E-state index in [0.29, 0.717) is 0 Å². The first-order valence-electron chi connectivity index (χ1n) is 12.9. The largest absolute Gasteiger partial charge is 0.467 e. The molecule has 5 N–H and O–H groups in total. The molecule has 1 aliphatic heterocycles. The van der Waals surface area contributed by atoms with Crippen LogP contribution < -0.4 is 10.8 Å². The number of nitrogens with one attached hydrogen (secondary N) is 1. The highest BCUT2D eigenvalue weighted by Crippen LogP contribution is 2.63. The van der Waals surface area contributed by atoms with Gasteiger partial charge >= 0.3 is 25.8 Å². The summed E-state index contributed by atoms with van der Waals surface area (Å²) in [5.74, 6) is -4.62. The zero-order chi connectivity index (χ0) is 30.3. The van der Waals surface area contributed by atoms with E-state index in [1.165, 1.54) is 10.9 Å². The van der Waals surface area contributed by atoms with Gasteiger partial charge in [0.15, 0.2) is 23.9 Å². The van der Waals surface area contributed by atoms with Gasteiger partial charge in [-0.3, -0.25) is 13.8 Å². The van der Waals surface area contributed by atoms with Crippen LogP contribution >= 0.6 is 7.75 Å². The van der Waals surface area contributed by atoms with Crippen molar-refractivity contribution in [1.29, 1.82) is 0 Å². The zero-order valence-corrected chi connectivity index (χ0v) is 24.0. The number of carbonyl (C=O) groups is 2. The van der Waals surface area contributed by atoms with E-state index in [4.69, 9.17) is 24.3 Å². The molecule has 4 rings (SSSR count). The van der Waals surface area contributed by atoms with Crippen LogP contribution in [0.4, 0.5) is 10.2 Å². The number of aliphatic hydroxyl groups excluding tert-OH is 1. The normalized spacial score (nSPS) is 27.6. The highest BCUT2D eigenvalue weighted by atomic mass is 31.2. The van der Waals surface area contributed by atoms with Gasteiger partial charge in [0.1, 0.15) is 23.7 Å². The molecule has 1 saturated carbocycles. The minimum absolute atomic E-state index is 0.000754. The van der Waals surface area contributed by atoms with E-state index >= 15 is 0 Å². The molecular formula is C23H34FN6O10P. The van der Waals surface area contributed by atoms with Crippen molar-refractivity contribution in [1.82, 2.24) is 24.6 Å². The highest BCUT2D eigenvalue weighted by Gasteiger charge is 2.77. The molecule has 1 saturated heterocycles. The number of nitrogens with two attached hydrogens (primary N) is 1. The van der Waals surface area contributed by atoms with Crippen LogP contribution in [0.2, 0.25) is 0 Å². The molecule has 0 spiro atoms. The van der Waals surface area contributed by atoms with Gasteiger partial charge < -0.3 is 34.7 Å². The summed E-state index contributed by atoms with van der Waals surface area (Å²) in [5.41, 5.74) is 5.80. The Morgan fingerprint density at radius 2 is 2.00 bits per heavy atom. The molecule has 2 aromatic heterocycles. The van der Waals surface area contributed by atoms with Crippen LogP contribution in [-0.4, -0.2) is 92.1 Å². The second kappa shape index (κ2) is 11.8. The second-order valence-electron chi connectivity index (χ2n) is 10.5. The monoisotopic (exact) mass is 604 g/mol. The molecule has 0 aromatic carbocycles. The summed E-state index contributed by atoms with van der Waals surface area (Å²) < 4.78 is 54.9. The molecule has 2 aromatic rings. The number of esters is 2. The minimum atomic E-state index is -4.42. The van der Waals surface area contributed by atoms with Gasteiger partial charge in [0.2, 0.25) is 0 Å². The maximum atomic E-state index is 13.8. The molecule has 1 aliphatic carbocycles. The summed E-state index contributed by atoms with van der Waals surface area (Å²) in [7, 11) is -3.31. The summed E-state index contributed by atoms with van der Waals surface area (Å²) >= 11 is 0. The van der Waals surface area contributed by atoms with Gasteiger partial charge in [-0.1, -0.05) is 13.8 Å². The van der Waals surface area contributed by atoms with Crippen molar-refractivity contribution >= 4 is 36.7 Å². The number of nitrogen functional groups attached to an aromatic ring is 1. The Kier molecular flexibility index (Phi) is 8.99. The maximum Gasteiger partial charge on any atom is 0.406 e. The number of aliphatic hydroxyl groups is 2. The van der Waals surface area contributed by atoms with E-state index in [1.54, 1.807) is 13.8 Å². The number of aromatic nitrogens is 4. The Labute approximate surface area is 234 Å². The van der Waals surface area contributed by atoms with Crippen molar-refractivity contribution in [2.45, 2.75) is 70.3 Å². The number of ether oxygens (including phenoxy) is 3. The summed E-state index contributed by atoms with van der Waals surface area (Å²) in [6, 6.07) is -2.02. The van der Waals surface area contributed by atoms with Gasteiger partial charge in [-0.2, -0.15) is 14.4 Å². The molecule has 16 nitrogen and oxygen atoms in total. The quantitative estimate of drug-likeness (QED) is 0.138. The number of anilines is 1. The van der Waals surface area contributed by atoms with Gasteiger partial charge in [0.05, 0.1) is 38.2 Å². The fraction of sp³-hybridized carbons (Fsp3) is 0.696. The number of rotatable bonds is 13. The van der Waals surface area contributed by atoms with Crippen LogP contribution in [0.15, 0.2) is 6.33 Å². The molecule has 3 heterocycles. The summed E-state index contributed by atoms with van der Waals surface area (Å²) in [6.45, 7) is 5.64. The minimum Gasteiger partial charge on any atom is -0.467 e. The Morgan fingerprint density at radius 3 is 2.59 bits per heavy atom. The zero-order valence-electron chi connectivity index (χ0n) is 23.1. The molecule has 228 valence electrons. The number of halogens is 1. The van der Waals surface area contributed by atoms with E-state index in [0.717, 1.165) is 7.11 Å². The summed E-state index contributed by atoms with van der Waals surface area (Å²) in [6.07, 6.45) is -2.63. The van der Waals surface area contributed by atoms with Crippen LogP contribution in [0.1, 0.15) is 40.2 Å². The first kappa shape index (κ1) is 31.2. The van der Waals surface area contributed by atoms with Gasteiger partial charge in [-0.25, -0.2) is 19.4 Å². The molecular weight excluding hydrogens is 570 g/mol. The van der Waals surface area contributed by atoms with Gasteiger partial charge in [0, 0.05) is 0 Å². The SMILES string of the molecule is COC(=O)COP(=O)(NC(CC(C)C)C(=O)OC(C)C)OCC1OC2(O)C(C1O)C2n1cnc2c(N)nc(F)nc21. The molecule has 0 amide bonds. The molecule has 7 unspecified atom stereocenters. The number of fused-ring (bicyclic) bond motifs is 2. The third kappa shape index (κ3) is 6.51.